The topological polar surface area (TPSA) is 62.2 Å². The number of fused-ring (bicyclic) bond motifs is 1. The number of halogens is 1. The lowest BCUT2D eigenvalue weighted by Crippen LogP contribution is -2.52. The highest BCUT2D eigenvalue weighted by Gasteiger charge is 2.24. The van der Waals surface area contributed by atoms with Crippen molar-refractivity contribution in [1.82, 2.24) is 29.5 Å². The quantitative estimate of drug-likeness (QED) is 0.378. The maximum atomic E-state index is 13.3. The lowest BCUT2D eigenvalue weighted by molar-refractivity contribution is 0.0494. The van der Waals surface area contributed by atoms with Crippen molar-refractivity contribution >= 4 is 10.9 Å². The zero-order chi connectivity index (χ0) is 24.0. The van der Waals surface area contributed by atoms with Crippen LogP contribution >= 0.6 is 0 Å². The van der Waals surface area contributed by atoms with Crippen molar-refractivity contribution in [1.29, 1.82) is 0 Å². The van der Waals surface area contributed by atoms with Gasteiger partial charge in [-0.05, 0) is 67.3 Å². The molecule has 0 saturated carbocycles. The highest BCUT2D eigenvalue weighted by atomic mass is 19.1. The fourth-order valence-corrected chi connectivity index (χ4v) is 5.09. The van der Waals surface area contributed by atoms with Crippen LogP contribution in [0.2, 0.25) is 0 Å². The molecule has 5 rings (SSSR count). The van der Waals surface area contributed by atoms with Crippen LogP contribution < -0.4 is 0 Å². The molecule has 8 heteroatoms. The van der Waals surface area contributed by atoms with Crippen LogP contribution in [0.15, 0.2) is 61.3 Å². The van der Waals surface area contributed by atoms with Crippen LogP contribution in [0.25, 0.3) is 16.6 Å². The molecule has 2 aromatic carbocycles. The lowest BCUT2D eigenvalue weighted by Gasteiger charge is -2.39. The second kappa shape index (κ2) is 11.1. The van der Waals surface area contributed by atoms with Crippen molar-refractivity contribution in [3.05, 3.63) is 78.3 Å². The molecule has 2 aromatic heterocycles. The molecule has 0 radical (unpaired) electrons. The molecule has 0 amide bonds. The van der Waals surface area contributed by atoms with Crippen molar-refractivity contribution in [2.45, 2.75) is 25.3 Å². The van der Waals surface area contributed by atoms with E-state index in [4.69, 9.17) is 4.74 Å². The van der Waals surface area contributed by atoms with Gasteiger partial charge in [-0.3, -0.25) is 9.47 Å². The van der Waals surface area contributed by atoms with Crippen LogP contribution in [0, 0.1) is 5.82 Å². The zero-order valence-corrected chi connectivity index (χ0v) is 20.2. The van der Waals surface area contributed by atoms with E-state index in [-0.39, 0.29) is 5.82 Å². The second-order valence-corrected chi connectivity index (χ2v) is 9.33. The number of methoxy groups -OCH3 is 1. The van der Waals surface area contributed by atoms with E-state index in [0.717, 1.165) is 68.8 Å². The minimum Gasteiger partial charge on any atom is -0.383 e. The Morgan fingerprint density at radius 1 is 1.03 bits per heavy atom. The predicted molar refractivity (Wildman–Crippen MR) is 135 cm³/mol. The fraction of sp³-hybridized carbons (Fsp3) is 0.407. The number of rotatable bonds is 10. The van der Waals surface area contributed by atoms with E-state index in [2.05, 4.69) is 49.4 Å². The number of nitrogens with zero attached hydrogens (tertiary/aromatic N) is 5. The van der Waals surface area contributed by atoms with Crippen LogP contribution in [0.1, 0.15) is 17.5 Å². The third-order valence-corrected chi connectivity index (χ3v) is 7.06. The molecule has 184 valence electrons. The highest BCUT2D eigenvalue weighted by molar-refractivity contribution is 5.85. The van der Waals surface area contributed by atoms with E-state index in [1.807, 2.05) is 16.7 Å². The highest BCUT2D eigenvalue weighted by Crippen LogP contribution is 2.23. The molecule has 7 nitrogen and oxygen atoms in total. The van der Waals surface area contributed by atoms with Crippen LogP contribution in [0.3, 0.4) is 0 Å². The number of nitrogens with one attached hydrogen (secondary N) is 1. The first kappa shape index (κ1) is 23.7. The number of piperazine rings is 1. The average molecular weight is 477 g/mol. The Morgan fingerprint density at radius 2 is 1.80 bits per heavy atom. The third-order valence-electron chi connectivity index (χ3n) is 7.06. The normalized spacial score (nSPS) is 16.2. The van der Waals surface area contributed by atoms with Gasteiger partial charge < -0.3 is 14.6 Å². The monoisotopic (exact) mass is 476 g/mol. The molecule has 1 aliphatic rings. The number of hydrogen-bond donors (Lipinski definition) is 1. The minimum atomic E-state index is -0.186. The largest absolute Gasteiger partial charge is 0.383 e. The van der Waals surface area contributed by atoms with Crippen LogP contribution in [0.5, 0.6) is 0 Å². The first-order valence-corrected chi connectivity index (χ1v) is 12.3. The maximum Gasteiger partial charge on any atom is 0.123 e. The number of aromatic nitrogens is 4. The van der Waals surface area contributed by atoms with Gasteiger partial charge in [0.2, 0.25) is 0 Å². The lowest BCUT2D eigenvalue weighted by atomic mass is 10.0. The average Bonchev–Trinajstić information content (AvgIpc) is 3.56. The van der Waals surface area contributed by atoms with Crippen LogP contribution in [0.4, 0.5) is 4.39 Å². The van der Waals surface area contributed by atoms with Crippen molar-refractivity contribution in [3.63, 3.8) is 0 Å². The van der Waals surface area contributed by atoms with Crippen molar-refractivity contribution < 1.29 is 9.13 Å². The number of ether oxygens (including phenoxy) is 1. The standard InChI is InChI=1S/C27H33FN6O/c1-35-18-25(15-21-4-6-23(28)7-5-21)33-13-11-32(12-14-33)10-2-3-22-17-29-27-9-8-24(16-26(22)27)34-19-30-31-20-34/h4-9,16-17,19-20,25,29H,2-3,10-15,18H2,1H3. The summed E-state index contributed by atoms with van der Waals surface area (Å²) >= 11 is 0. The molecule has 1 N–H and O–H groups in total. The Morgan fingerprint density at radius 3 is 2.54 bits per heavy atom. The summed E-state index contributed by atoms with van der Waals surface area (Å²) in [6.45, 7) is 5.98. The van der Waals surface area contributed by atoms with Gasteiger partial charge in [0.1, 0.15) is 18.5 Å². The number of aromatic amines is 1. The van der Waals surface area contributed by atoms with Crippen LogP contribution in [-0.2, 0) is 17.6 Å². The van der Waals surface area contributed by atoms with E-state index >= 15 is 0 Å². The first-order valence-electron chi connectivity index (χ1n) is 12.3. The Labute approximate surface area is 205 Å². The molecule has 1 fully saturated rings. The summed E-state index contributed by atoms with van der Waals surface area (Å²) in [5.74, 6) is -0.186. The summed E-state index contributed by atoms with van der Waals surface area (Å²) in [4.78, 5) is 8.50. The van der Waals surface area contributed by atoms with Gasteiger partial charge in [0, 0.05) is 62.1 Å². The van der Waals surface area contributed by atoms with Gasteiger partial charge in [-0.2, -0.15) is 0 Å². The summed E-state index contributed by atoms with van der Waals surface area (Å²) in [5, 5.41) is 9.10. The molecule has 0 aliphatic carbocycles. The summed E-state index contributed by atoms with van der Waals surface area (Å²) in [7, 11) is 1.76. The Kier molecular flexibility index (Phi) is 7.51. The fourth-order valence-electron chi connectivity index (χ4n) is 5.09. The Bertz CT molecular complexity index is 1200. The van der Waals surface area contributed by atoms with Crippen molar-refractivity contribution in [3.8, 4) is 5.69 Å². The van der Waals surface area contributed by atoms with Gasteiger partial charge in [0.25, 0.3) is 0 Å². The summed E-state index contributed by atoms with van der Waals surface area (Å²) in [6, 6.07) is 13.6. The Hall–Kier alpha value is -3.07. The molecule has 3 heterocycles. The molecular weight excluding hydrogens is 443 g/mol. The Balaban J connectivity index is 1.12. The number of hydrogen-bond acceptors (Lipinski definition) is 5. The number of aryl methyl sites for hydroxylation is 1. The maximum absolute atomic E-state index is 13.3. The van der Waals surface area contributed by atoms with Crippen molar-refractivity contribution in [2.24, 2.45) is 0 Å². The van der Waals surface area contributed by atoms with E-state index < -0.39 is 0 Å². The number of H-pyrrole nitrogens is 1. The number of benzene rings is 2. The predicted octanol–water partition coefficient (Wildman–Crippen LogP) is 3.70. The van der Waals surface area contributed by atoms with Crippen molar-refractivity contribution in [2.75, 3.05) is 46.4 Å². The summed E-state index contributed by atoms with van der Waals surface area (Å²) in [6.07, 6.45) is 8.65. The molecule has 0 bridgehead atoms. The van der Waals surface area contributed by atoms with Crippen LogP contribution in [-0.4, -0.2) is 82.0 Å². The molecule has 4 aromatic rings. The van der Waals surface area contributed by atoms with Gasteiger partial charge in [-0.1, -0.05) is 12.1 Å². The smallest absolute Gasteiger partial charge is 0.123 e. The minimum absolute atomic E-state index is 0.186. The summed E-state index contributed by atoms with van der Waals surface area (Å²) in [5.41, 5.74) is 4.75. The zero-order valence-electron chi connectivity index (χ0n) is 20.2. The van der Waals surface area contributed by atoms with E-state index in [0.29, 0.717) is 12.6 Å². The second-order valence-electron chi connectivity index (χ2n) is 9.33. The molecule has 1 saturated heterocycles. The molecular formula is C27H33FN6O. The molecule has 1 aliphatic heterocycles. The first-order chi connectivity index (χ1) is 17.2. The van der Waals surface area contributed by atoms with E-state index in [1.54, 1.807) is 31.9 Å². The summed E-state index contributed by atoms with van der Waals surface area (Å²) < 4.78 is 20.7. The van der Waals surface area contributed by atoms with Gasteiger partial charge in [-0.25, -0.2) is 4.39 Å². The van der Waals surface area contributed by atoms with Gasteiger partial charge in [-0.15, -0.1) is 10.2 Å². The van der Waals surface area contributed by atoms with Gasteiger partial charge in [0.15, 0.2) is 0 Å². The molecule has 1 unspecified atom stereocenters. The molecule has 0 spiro atoms. The van der Waals surface area contributed by atoms with E-state index in [1.165, 1.54) is 10.9 Å². The molecule has 35 heavy (non-hydrogen) atoms. The molecule has 1 atom stereocenters. The van der Waals surface area contributed by atoms with Gasteiger partial charge >= 0.3 is 0 Å². The SMILES string of the molecule is COCC(Cc1ccc(F)cc1)N1CCN(CCCc2c[nH]c3ccc(-n4cnnc4)cc23)CC1. The third kappa shape index (κ3) is 5.78. The van der Waals surface area contributed by atoms with E-state index in [9.17, 15) is 4.39 Å². The van der Waals surface area contributed by atoms with Gasteiger partial charge in [0.05, 0.1) is 6.61 Å².